The Hall–Kier alpha value is -3.88. The number of fused-ring (bicyclic) bond motifs is 1. The fourth-order valence-corrected chi connectivity index (χ4v) is 4.12. The van der Waals surface area contributed by atoms with E-state index in [1.807, 2.05) is 60.7 Å². The van der Waals surface area contributed by atoms with Gasteiger partial charge in [0.2, 0.25) is 5.88 Å². The summed E-state index contributed by atoms with van der Waals surface area (Å²) in [5, 5.41) is 4.42. The minimum atomic E-state index is 0.560. The molecule has 0 bridgehead atoms. The minimum absolute atomic E-state index is 0.560. The van der Waals surface area contributed by atoms with Crippen molar-refractivity contribution in [2.75, 3.05) is 51.9 Å². The molecule has 8 heteroatoms. The van der Waals surface area contributed by atoms with Crippen molar-refractivity contribution in [1.29, 1.82) is 0 Å². The highest BCUT2D eigenvalue weighted by Gasteiger charge is 2.13. The summed E-state index contributed by atoms with van der Waals surface area (Å²) in [6.45, 7) is 5.20. The summed E-state index contributed by atoms with van der Waals surface area (Å²) in [4.78, 5) is 11.2. The molecule has 0 unspecified atom stereocenters. The normalized spacial score (nSPS) is 13.9. The second kappa shape index (κ2) is 11.7. The van der Waals surface area contributed by atoms with Gasteiger partial charge in [-0.25, -0.2) is 4.98 Å². The molecule has 1 fully saturated rings. The lowest BCUT2D eigenvalue weighted by Gasteiger charge is -2.26. The number of hydrogen-bond donors (Lipinski definition) is 1. The quantitative estimate of drug-likeness (QED) is 0.304. The lowest BCUT2D eigenvalue weighted by Crippen LogP contribution is -2.37. The molecular formula is C28H30N4O4. The lowest BCUT2D eigenvalue weighted by molar-refractivity contribution is 0.0357. The second-order valence-corrected chi connectivity index (χ2v) is 8.45. The molecule has 0 saturated carbocycles. The lowest BCUT2D eigenvalue weighted by atomic mass is 10.1. The van der Waals surface area contributed by atoms with Crippen molar-refractivity contribution in [2.45, 2.75) is 6.42 Å². The monoisotopic (exact) mass is 486 g/mol. The Labute approximate surface area is 210 Å². The van der Waals surface area contributed by atoms with Gasteiger partial charge in [0.05, 0.1) is 32.4 Å². The van der Waals surface area contributed by atoms with Crippen molar-refractivity contribution >= 4 is 22.3 Å². The Morgan fingerprint density at radius 1 is 0.944 bits per heavy atom. The third-order valence-corrected chi connectivity index (χ3v) is 6.00. The van der Waals surface area contributed by atoms with Crippen LogP contribution in [0.25, 0.3) is 10.9 Å². The van der Waals surface area contributed by atoms with Crippen LogP contribution in [0.2, 0.25) is 0 Å². The van der Waals surface area contributed by atoms with E-state index in [1.165, 1.54) is 0 Å². The van der Waals surface area contributed by atoms with Crippen LogP contribution in [0.15, 0.2) is 73.1 Å². The van der Waals surface area contributed by atoms with Gasteiger partial charge in [0.15, 0.2) is 11.5 Å². The van der Waals surface area contributed by atoms with Gasteiger partial charge in [0.25, 0.3) is 0 Å². The molecule has 186 valence electrons. The first kappa shape index (κ1) is 23.8. The van der Waals surface area contributed by atoms with Crippen molar-refractivity contribution in [2.24, 2.45) is 0 Å². The molecule has 1 N–H and O–H groups in total. The largest absolute Gasteiger partial charge is 0.493 e. The zero-order chi connectivity index (χ0) is 24.6. The number of pyridine rings is 2. The fraction of sp³-hybridized carbons (Fsp3) is 0.286. The molecule has 36 heavy (non-hydrogen) atoms. The molecule has 1 aliphatic heterocycles. The summed E-state index contributed by atoms with van der Waals surface area (Å²) in [5.74, 6) is 2.66. The molecular weight excluding hydrogens is 456 g/mol. The van der Waals surface area contributed by atoms with Crippen molar-refractivity contribution in [3.63, 3.8) is 0 Å². The Morgan fingerprint density at radius 2 is 1.81 bits per heavy atom. The van der Waals surface area contributed by atoms with Crippen molar-refractivity contribution in [3.05, 3.63) is 73.1 Å². The van der Waals surface area contributed by atoms with Crippen molar-refractivity contribution < 1.29 is 18.9 Å². The van der Waals surface area contributed by atoms with Crippen molar-refractivity contribution in [1.82, 2.24) is 14.9 Å². The molecule has 0 radical (unpaired) electrons. The van der Waals surface area contributed by atoms with E-state index in [-0.39, 0.29) is 0 Å². The standard InChI is InChI=1S/C28H30N4O4/c1-33-26-19-23-24(31-21-6-8-22(9-7-21)36-28-5-2-3-11-30-28)10-12-29-25(23)20-27(26)35-16-4-13-32-14-17-34-18-15-32/h2-3,5-12,19-20H,4,13-18H2,1H3,(H,29,31). The van der Waals surface area contributed by atoms with E-state index in [9.17, 15) is 0 Å². The molecule has 0 spiro atoms. The van der Waals surface area contributed by atoms with Gasteiger partial charge in [-0.2, -0.15) is 0 Å². The second-order valence-electron chi connectivity index (χ2n) is 8.45. The molecule has 4 aromatic rings. The highest BCUT2D eigenvalue weighted by Crippen LogP contribution is 2.36. The number of ether oxygens (including phenoxy) is 4. The van der Waals surface area contributed by atoms with Crippen LogP contribution in [0.5, 0.6) is 23.1 Å². The molecule has 3 heterocycles. The molecule has 0 atom stereocenters. The predicted octanol–water partition coefficient (Wildman–Crippen LogP) is 5.28. The van der Waals surface area contributed by atoms with Crippen LogP contribution in [0, 0.1) is 0 Å². The van der Waals surface area contributed by atoms with Gasteiger partial charge < -0.3 is 24.3 Å². The summed E-state index contributed by atoms with van der Waals surface area (Å²) in [6, 6.07) is 19.2. The Morgan fingerprint density at radius 3 is 2.58 bits per heavy atom. The summed E-state index contributed by atoms with van der Waals surface area (Å²) in [5.41, 5.74) is 2.69. The Bertz CT molecular complexity index is 1260. The average molecular weight is 487 g/mol. The first-order chi connectivity index (χ1) is 17.8. The number of morpholine rings is 1. The number of anilines is 2. The third-order valence-electron chi connectivity index (χ3n) is 6.00. The molecule has 0 aliphatic carbocycles. The number of aromatic nitrogens is 2. The van der Waals surface area contributed by atoms with Gasteiger partial charge in [-0.15, -0.1) is 0 Å². The Balaban J connectivity index is 1.25. The minimum Gasteiger partial charge on any atom is -0.493 e. The number of benzene rings is 2. The highest BCUT2D eigenvalue weighted by atomic mass is 16.5. The van der Waals surface area contributed by atoms with E-state index in [2.05, 4.69) is 20.2 Å². The first-order valence-electron chi connectivity index (χ1n) is 12.1. The van der Waals surface area contributed by atoms with E-state index in [4.69, 9.17) is 18.9 Å². The number of rotatable bonds is 10. The zero-order valence-corrected chi connectivity index (χ0v) is 20.4. The smallest absolute Gasteiger partial charge is 0.219 e. The van der Waals surface area contributed by atoms with Crippen LogP contribution < -0.4 is 19.5 Å². The zero-order valence-electron chi connectivity index (χ0n) is 20.4. The average Bonchev–Trinajstić information content (AvgIpc) is 2.93. The maximum Gasteiger partial charge on any atom is 0.219 e. The van der Waals surface area contributed by atoms with E-state index < -0.39 is 0 Å². The SMILES string of the molecule is COc1cc2c(Nc3ccc(Oc4ccccn4)cc3)ccnc2cc1OCCCN1CCOCC1. The van der Waals surface area contributed by atoms with E-state index >= 15 is 0 Å². The van der Waals surface area contributed by atoms with Crippen LogP contribution >= 0.6 is 0 Å². The van der Waals surface area contributed by atoms with E-state index in [0.29, 0.717) is 24.0 Å². The third kappa shape index (κ3) is 6.02. The van der Waals surface area contributed by atoms with Gasteiger partial charge in [0.1, 0.15) is 5.75 Å². The van der Waals surface area contributed by atoms with Crippen LogP contribution in [0.1, 0.15) is 6.42 Å². The molecule has 2 aromatic heterocycles. The topological polar surface area (TPSA) is 78.0 Å². The number of methoxy groups -OCH3 is 1. The summed E-state index contributed by atoms with van der Waals surface area (Å²) in [7, 11) is 1.66. The molecule has 2 aromatic carbocycles. The molecule has 0 amide bonds. The van der Waals surface area contributed by atoms with Gasteiger partial charge in [-0.05, 0) is 48.9 Å². The molecule has 8 nitrogen and oxygen atoms in total. The van der Waals surface area contributed by atoms with Gasteiger partial charge >= 0.3 is 0 Å². The first-order valence-corrected chi connectivity index (χ1v) is 12.1. The summed E-state index contributed by atoms with van der Waals surface area (Å²) >= 11 is 0. The van der Waals surface area contributed by atoms with E-state index in [1.54, 1.807) is 19.5 Å². The van der Waals surface area contributed by atoms with Crippen molar-refractivity contribution in [3.8, 4) is 23.1 Å². The maximum atomic E-state index is 6.09. The molecule has 1 aliphatic rings. The summed E-state index contributed by atoms with van der Waals surface area (Å²) in [6.07, 6.45) is 4.43. The van der Waals surface area contributed by atoms with Crippen LogP contribution in [-0.4, -0.2) is 61.4 Å². The number of nitrogens with zero attached hydrogens (tertiary/aromatic N) is 3. The van der Waals surface area contributed by atoms with Crippen LogP contribution in [0.3, 0.4) is 0 Å². The number of hydrogen-bond acceptors (Lipinski definition) is 8. The molecule has 5 rings (SSSR count). The van der Waals surface area contributed by atoms with Crippen LogP contribution in [-0.2, 0) is 4.74 Å². The van der Waals surface area contributed by atoms with Gasteiger partial charge in [-0.1, -0.05) is 6.07 Å². The highest BCUT2D eigenvalue weighted by molar-refractivity contribution is 5.95. The molecule has 1 saturated heterocycles. The predicted molar refractivity (Wildman–Crippen MR) is 140 cm³/mol. The summed E-state index contributed by atoms with van der Waals surface area (Å²) < 4.78 is 22.9. The van der Waals surface area contributed by atoms with Crippen LogP contribution in [0.4, 0.5) is 11.4 Å². The number of nitrogens with one attached hydrogen (secondary N) is 1. The van der Waals surface area contributed by atoms with Gasteiger partial charge in [0, 0.05) is 60.9 Å². The maximum absolute atomic E-state index is 6.09. The fourth-order valence-electron chi connectivity index (χ4n) is 4.12. The Kier molecular flexibility index (Phi) is 7.75. The van der Waals surface area contributed by atoms with E-state index in [0.717, 1.165) is 67.3 Å². The van der Waals surface area contributed by atoms with Gasteiger partial charge in [-0.3, -0.25) is 9.88 Å².